The minimum atomic E-state index is -1.34. The SMILES string of the molecule is CC(C)Cc1cc(-c2[c-]cccc2)ncc1[Si](C)(C)C.Cc1cc(-n2c(-c3[c-]cc(C)c4c3sc3c(F)cccc34)nc3ccccc32)cc(C)n1.[Ir]. The molecule has 53 heavy (non-hydrogen) atoms. The third-order valence-corrected chi connectivity index (χ3v) is 12.5. The normalized spacial score (nSPS) is 11.6. The Morgan fingerprint density at radius 2 is 1.58 bits per heavy atom. The van der Waals surface area contributed by atoms with Gasteiger partial charge in [-0.05, 0) is 77.5 Å². The molecule has 0 unspecified atom stereocenters. The number of imidazole rings is 1. The van der Waals surface area contributed by atoms with Gasteiger partial charge in [-0.2, -0.15) is 11.3 Å². The average molecular weight is 911 g/mol. The van der Waals surface area contributed by atoms with E-state index < -0.39 is 8.07 Å². The molecule has 1 radical (unpaired) electrons. The van der Waals surface area contributed by atoms with Crippen LogP contribution >= 0.6 is 11.3 Å². The summed E-state index contributed by atoms with van der Waals surface area (Å²) >= 11 is 1.47. The van der Waals surface area contributed by atoms with Crippen LogP contribution in [0, 0.1) is 44.6 Å². The molecule has 4 heterocycles. The number of benzene rings is 4. The van der Waals surface area contributed by atoms with Gasteiger partial charge < -0.3 is 9.55 Å². The predicted octanol–water partition coefficient (Wildman–Crippen LogP) is 11.6. The Morgan fingerprint density at radius 3 is 2.28 bits per heavy atom. The van der Waals surface area contributed by atoms with E-state index in [-0.39, 0.29) is 25.9 Å². The van der Waals surface area contributed by atoms with Crippen LogP contribution in [-0.4, -0.2) is 27.6 Å². The van der Waals surface area contributed by atoms with E-state index in [0.717, 1.165) is 78.2 Å². The topological polar surface area (TPSA) is 43.6 Å². The second-order valence-corrected chi connectivity index (χ2v) is 21.0. The largest absolute Gasteiger partial charge is 0.333 e. The number of hydrogen-bond acceptors (Lipinski definition) is 4. The molecule has 0 aliphatic carbocycles. The molecule has 4 nitrogen and oxygen atoms in total. The van der Waals surface area contributed by atoms with Gasteiger partial charge in [-0.1, -0.05) is 87.3 Å². The third-order valence-electron chi connectivity index (χ3n) is 9.24. The Morgan fingerprint density at radius 1 is 0.849 bits per heavy atom. The zero-order valence-electron chi connectivity index (χ0n) is 31.4. The Bertz CT molecular complexity index is 2550. The van der Waals surface area contributed by atoms with Gasteiger partial charge in [-0.3, -0.25) is 9.97 Å². The number of aromatic nitrogens is 4. The monoisotopic (exact) mass is 911 g/mol. The van der Waals surface area contributed by atoms with E-state index in [9.17, 15) is 4.39 Å². The fourth-order valence-electron chi connectivity index (χ4n) is 7.01. The van der Waals surface area contributed by atoms with Crippen molar-refractivity contribution in [1.29, 1.82) is 0 Å². The van der Waals surface area contributed by atoms with Gasteiger partial charge in [-0.15, -0.1) is 53.6 Å². The van der Waals surface area contributed by atoms with Crippen LogP contribution in [0.5, 0.6) is 0 Å². The fraction of sp³-hybridized carbons (Fsp3) is 0.222. The summed E-state index contributed by atoms with van der Waals surface area (Å²) in [6.07, 6.45) is 3.24. The standard InChI is InChI=1S/C27H19FN3S.C18H24NSi.Ir/c1-15-11-12-20(26-24(15)19-7-6-8-21(28)25(19)32-26)27-30-22-9-4-5-10-23(22)31(27)18-13-16(2)29-17(3)14-18;1-14(2)11-16-12-17(15-9-7-6-8-10-15)19-13-18(16)20(3,4)5;/h4-11,13-14H,1-3H3;6-9,12-14H,11H2,1-5H3;/q2*-1;. The first-order chi connectivity index (χ1) is 24.9. The molecule has 0 atom stereocenters. The van der Waals surface area contributed by atoms with Gasteiger partial charge in [0.2, 0.25) is 0 Å². The second kappa shape index (κ2) is 15.6. The molecular formula is C45H43FIrN4SSi-2. The molecule has 8 rings (SSSR count). The number of aryl methyl sites for hydroxylation is 3. The first kappa shape index (κ1) is 38.4. The molecule has 4 aromatic heterocycles. The van der Waals surface area contributed by atoms with E-state index in [0.29, 0.717) is 10.6 Å². The van der Waals surface area contributed by atoms with E-state index in [2.05, 4.69) is 104 Å². The van der Waals surface area contributed by atoms with Crippen molar-refractivity contribution < 1.29 is 24.5 Å². The minimum Gasteiger partial charge on any atom is -0.333 e. The first-order valence-electron chi connectivity index (χ1n) is 17.8. The summed E-state index contributed by atoms with van der Waals surface area (Å²) in [5, 5.41) is 3.50. The van der Waals surface area contributed by atoms with Gasteiger partial charge in [-0.25, -0.2) is 4.39 Å². The number of nitrogens with zero attached hydrogens (tertiary/aromatic N) is 4. The van der Waals surface area contributed by atoms with Crippen LogP contribution in [0.4, 0.5) is 4.39 Å². The van der Waals surface area contributed by atoms with Crippen molar-refractivity contribution >= 4 is 55.8 Å². The number of hydrogen-bond donors (Lipinski definition) is 0. The summed E-state index contributed by atoms with van der Waals surface area (Å²) < 4.78 is 18.5. The number of thiophene rings is 1. The molecule has 0 N–H and O–H groups in total. The molecule has 8 aromatic rings. The van der Waals surface area contributed by atoms with Crippen LogP contribution in [0.2, 0.25) is 19.6 Å². The number of halogens is 1. The van der Waals surface area contributed by atoms with Crippen molar-refractivity contribution in [2.45, 2.75) is 60.7 Å². The maximum absolute atomic E-state index is 14.7. The Labute approximate surface area is 330 Å². The van der Waals surface area contributed by atoms with Crippen molar-refractivity contribution in [3.63, 3.8) is 0 Å². The maximum atomic E-state index is 14.7. The number of fused-ring (bicyclic) bond motifs is 4. The van der Waals surface area contributed by atoms with Gasteiger partial charge >= 0.3 is 0 Å². The number of para-hydroxylation sites is 2. The van der Waals surface area contributed by atoms with Crippen LogP contribution in [-0.2, 0) is 26.5 Å². The van der Waals surface area contributed by atoms with Crippen molar-refractivity contribution in [2.75, 3.05) is 0 Å². The summed E-state index contributed by atoms with van der Waals surface area (Å²) in [4.78, 5) is 14.2. The molecule has 4 aromatic carbocycles. The second-order valence-electron chi connectivity index (χ2n) is 15.0. The van der Waals surface area contributed by atoms with Gasteiger partial charge in [0, 0.05) is 43.4 Å². The van der Waals surface area contributed by atoms with Crippen LogP contribution in [0.3, 0.4) is 0 Å². The first-order valence-corrected chi connectivity index (χ1v) is 22.1. The summed E-state index contributed by atoms with van der Waals surface area (Å²) in [6.45, 7) is 17.8. The molecule has 0 fully saturated rings. The Kier molecular flexibility index (Phi) is 11.3. The summed E-state index contributed by atoms with van der Waals surface area (Å²) in [6, 6.07) is 36.6. The molecule has 0 aliphatic rings. The molecular weight excluding hydrogens is 868 g/mol. The maximum Gasteiger partial charge on any atom is 0.140 e. The Hall–Kier alpha value is -4.33. The molecule has 0 aliphatic heterocycles. The fourth-order valence-corrected chi connectivity index (χ4v) is 9.88. The minimum absolute atomic E-state index is 0. The van der Waals surface area contributed by atoms with Crippen molar-refractivity contribution in [3.05, 3.63) is 138 Å². The zero-order chi connectivity index (χ0) is 36.7. The van der Waals surface area contributed by atoms with Crippen LogP contribution in [0.15, 0.2) is 97.2 Å². The van der Waals surface area contributed by atoms with Gasteiger partial charge in [0.1, 0.15) is 5.82 Å². The quantitative estimate of drug-likeness (QED) is 0.123. The molecule has 8 heteroatoms. The van der Waals surface area contributed by atoms with E-state index >= 15 is 0 Å². The summed E-state index contributed by atoms with van der Waals surface area (Å²) in [5.41, 5.74) is 10.4. The summed E-state index contributed by atoms with van der Waals surface area (Å²) in [5.74, 6) is 1.27. The van der Waals surface area contributed by atoms with Gasteiger partial charge in [0.25, 0.3) is 0 Å². The zero-order valence-corrected chi connectivity index (χ0v) is 35.6. The van der Waals surface area contributed by atoms with Gasteiger partial charge in [0.15, 0.2) is 0 Å². The number of pyridine rings is 2. The summed E-state index contributed by atoms with van der Waals surface area (Å²) in [7, 11) is -1.34. The van der Waals surface area contributed by atoms with Crippen LogP contribution in [0.25, 0.3) is 59.5 Å². The van der Waals surface area contributed by atoms with E-state index in [1.165, 1.54) is 28.2 Å². The van der Waals surface area contributed by atoms with E-state index in [1.54, 1.807) is 6.07 Å². The number of rotatable bonds is 6. The van der Waals surface area contributed by atoms with E-state index in [4.69, 9.17) is 4.98 Å². The Balaban J connectivity index is 0.000000199. The molecule has 0 bridgehead atoms. The molecule has 0 saturated heterocycles. The van der Waals surface area contributed by atoms with E-state index in [1.807, 2.05) is 62.4 Å². The van der Waals surface area contributed by atoms with Crippen molar-refractivity contribution in [2.24, 2.45) is 5.92 Å². The smallest absolute Gasteiger partial charge is 0.140 e. The van der Waals surface area contributed by atoms with Crippen molar-refractivity contribution in [1.82, 2.24) is 19.5 Å². The molecule has 271 valence electrons. The average Bonchev–Trinajstić information content (AvgIpc) is 3.69. The third kappa shape index (κ3) is 7.83. The predicted molar refractivity (Wildman–Crippen MR) is 220 cm³/mol. The van der Waals surface area contributed by atoms with Crippen LogP contribution < -0.4 is 5.19 Å². The molecule has 0 spiro atoms. The molecule has 0 saturated carbocycles. The molecule has 0 amide bonds. The van der Waals surface area contributed by atoms with Crippen molar-refractivity contribution in [3.8, 4) is 28.3 Å². The van der Waals surface area contributed by atoms with Gasteiger partial charge in [0.05, 0.1) is 29.6 Å². The van der Waals surface area contributed by atoms with Crippen LogP contribution in [0.1, 0.15) is 36.4 Å².